The van der Waals surface area contributed by atoms with Crippen molar-refractivity contribution in [1.82, 2.24) is 0 Å². The molecule has 0 aliphatic rings. The third-order valence-electron chi connectivity index (χ3n) is 11.3. The third kappa shape index (κ3) is 5.09. The summed E-state index contributed by atoms with van der Waals surface area (Å²) in [5, 5.41) is 9.80. The molecule has 1 heterocycles. The molecule has 0 N–H and O–H groups in total. The smallest absolute Gasteiger partial charge is 0.143 e. The predicted octanol–water partition coefficient (Wildman–Crippen LogP) is 15.4. The minimum atomic E-state index is 0.912. The Morgan fingerprint density at radius 1 is 0.255 bits per heavy atom. The van der Waals surface area contributed by atoms with Gasteiger partial charge in [-0.05, 0) is 94.5 Å². The molecule has 55 heavy (non-hydrogen) atoms. The second kappa shape index (κ2) is 12.7. The van der Waals surface area contributed by atoms with E-state index in [0.717, 1.165) is 33.1 Å². The molecule has 0 amide bonds. The molecule has 10 aromatic carbocycles. The fourth-order valence-electron chi connectivity index (χ4n) is 8.82. The van der Waals surface area contributed by atoms with E-state index in [1.54, 1.807) is 0 Å². The quantitative estimate of drug-likeness (QED) is 0.163. The Labute approximate surface area is 319 Å². The topological polar surface area (TPSA) is 13.1 Å². The molecule has 11 aromatic rings. The molecule has 1 heteroatoms. The summed E-state index contributed by atoms with van der Waals surface area (Å²) in [6.45, 7) is 0. The van der Waals surface area contributed by atoms with E-state index in [2.05, 4.69) is 194 Å². The fraction of sp³-hybridized carbons (Fsp3) is 0. The van der Waals surface area contributed by atoms with E-state index in [1.165, 1.54) is 76.8 Å². The van der Waals surface area contributed by atoms with Gasteiger partial charge in [-0.1, -0.05) is 194 Å². The Bertz CT molecular complexity index is 3190. The number of hydrogen-bond acceptors (Lipinski definition) is 1. The summed E-state index contributed by atoms with van der Waals surface area (Å²) in [6, 6.07) is 74.7. The molecule has 0 bridgehead atoms. The Morgan fingerprint density at radius 2 is 0.727 bits per heavy atom. The molecule has 256 valence electrons. The van der Waals surface area contributed by atoms with Crippen molar-refractivity contribution in [1.29, 1.82) is 0 Å². The van der Waals surface area contributed by atoms with Crippen LogP contribution < -0.4 is 0 Å². The summed E-state index contributed by atoms with van der Waals surface area (Å²) in [4.78, 5) is 0. The number of benzene rings is 10. The first-order valence-electron chi connectivity index (χ1n) is 18.9. The highest BCUT2D eigenvalue weighted by atomic mass is 16.3. The first-order valence-corrected chi connectivity index (χ1v) is 18.9. The lowest BCUT2D eigenvalue weighted by molar-refractivity contribution is 0.670. The van der Waals surface area contributed by atoms with Gasteiger partial charge in [-0.2, -0.15) is 0 Å². The van der Waals surface area contributed by atoms with Gasteiger partial charge in [0.05, 0.1) is 0 Å². The number of fused-ring (bicyclic) bond motifs is 6. The van der Waals surface area contributed by atoms with Crippen LogP contribution in [0, 0.1) is 0 Å². The van der Waals surface area contributed by atoms with Crippen LogP contribution in [0.15, 0.2) is 211 Å². The lowest BCUT2D eigenvalue weighted by Gasteiger charge is -2.19. The molecule has 1 aromatic heterocycles. The summed E-state index contributed by atoms with van der Waals surface area (Å²) < 4.78 is 6.48. The zero-order valence-electron chi connectivity index (χ0n) is 30.0. The molecule has 0 spiro atoms. The van der Waals surface area contributed by atoms with Crippen molar-refractivity contribution in [3.63, 3.8) is 0 Å². The van der Waals surface area contributed by atoms with Gasteiger partial charge in [0.1, 0.15) is 11.2 Å². The van der Waals surface area contributed by atoms with E-state index in [1.807, 2.05) is 12.1 Å². The van der Waals surface area contributed by atoms with E-state index in [4.69, 9.17) is 4.42 Å². The van der Waals surface area contributed by atoms with Gasteiger partial charge in [-0.3, -0.25) is 0 Å². The van der Waals surface area contributed by atoms with Crippen LogP contribution in [0.5, 0.6) is 0 Å². The highest BCUT2D eigenvalue weighted by Gasteiger charge is 2.19. The maximum Gasteiger partial charge on any atom is 0.143 e. The first-order chi connectivity index (χ1) is 27.3. The van der Waals surface area contributed by atoms with Gasteiger partial charge in [0, 0.05) is 16.3 Å². The Hall–Kier alpha value is -7.22. The van der Waals surface area contributed by atoms with Crippen molar-refractivity contribution in [3.05, 3.63) is 206 Å². The van der Waals surface area contributed by atoms with Crippen molar-refractivity contribution in [3.8, 4) is 55.6 Å². The zero-order chi connectivity index (χ0) is 36.3. The molecule has 0 atom stereocenters. The molecule has 11 rings (SSSR count). The highest BCUT2D eigenvalue weighted by Crippen LogP contribution is 2.46. The largest absolute Gasteiger partial charge is 0.455 e. The van der Waals surface area contributed by atoms with Gasteiger partial charge >= 0.3 is 0 Å². The second-order valence-corrected chi connectivity index (χ2v) is 14.4. The lowest BCUT2D eigenvalue weighted by Crippen LogP contribution is -1.92. The van der Waals surface area contributed by atoms with Crippen molar-refractivity contribution >= 4 is 54.3 Å². The second-order valence-electron chi connectivity index (χ2n) is 14.4. The van der Waals surface area contributed by atoms with Crippen molar-refractivity contribution < 1.29 is 4.42 Å². The minimum Gasteiger partial charge on any atom is -0.455 e. The molecule has 1 nitrogen and oxygen atoms in total. The SMILES string of the molecule is c1cc(-c2cccc3ccccc23)cc(-c2c3ccccc3c(-c3ccc(-c4ccccc4-c4cccc5c4oc4ccccc45)cc3)c3ccccc23)c1. The molecule has 0 saturated heterocycles. The maximum atomic E-state index is 6.48. The van der Waals surface area contributed by atoms with E-state index in [9.17, 15) is 0 Å². The number of furan rings is 1. The Morgan fingerprint density at radius 3 is 1.47 bits per heavy atom. The standard InChI is InChI=1S/C54H34O/c1-2-18-40-35(14-1)15-12-26-42(40)38-16-11-17-39(34-38)53-47-24-7-5-22-45(47)52(46-23-6-8-25-48(46)53)37-32-30-36(31-33-37)41-19-3-4-20-43(41)49-27-13-28-50-44-21-9-10-29-51(44)55-54(49)50/h1-34H. The number of para-hydroxylation sites is 2. The first kappa shape index (κ1) is 31.3. The van der Waals surface area contributed by atoms with Gasteiger partial charge in [-0.25, -0.2) is 0 Å². The van der Waals surface area contributed by atoms with Crippen molar-refractivity contribution in [2.75, 3.05) is 0 Å². The molecular weight excluding hydrogens is 665 g/mol. The van der Waals surface area contributed by atoms with Crippen LogP contribution in [0.25, 0.3) is 110 Å². The molecule has 0 unspecified atom stereocenters. The van der Waals surface area contributed by atoms with Crippen LogP contribution in [0.1, 0.15) is 0 Å². The van der Waals surface area contributed by atoms with E-state index < -0.39 is 0 Å². The third-order valence-corrected chi connectivity index (χ3v) is 11.3. The maximum absolute atomic E-state index is 6.48. The summed E-state index contributed by atoms with van der Waals surface area (Å²) >= 11 is 0. The van der Waals surface area contributed by atoms with Crippen LogP contribution in [0.3, 0.4) is 0 Å². The Kier molecular flexibility index (Phi) is 7.25. The average Bonchev–Trinajstić information content (AvgIpc) is 3.65. The van der Waals surface area contributed by atoms with E-state index in [0.29, 0.717) is 0 Å². The highest BCUT2D eigenvalue weighted by molar-refractivity contribution is 6.21. The van der Waals surface area contributed by atoms with Crippen LogP contribution in [-0.4, -0.2) is 0 Å². The van der Waals surface area contributed by atoms with Crippen molar-refractivity contribution in [2.24, 2.45) is 0 Å². The van der Waals surface area contributed by atoms with E-state index in [-0.39, 0.29) is 0 Å². The molecular formula is C54H34O. The van der Waals surface area contributed by atoms with Crippen LogP contribution in [0.2, 0.25) is 0 Å². The van der Waals surface area contributed by atoms with Gasteiger partial charge in [0.15, 0.2) is 0 Å². The van der Waals surface area contributed by atoms with Crippen LogP contribution in [0.4, 0.5) is 0 Å². The summed E-state index contributed by atoms with van der Waals surface area (Å²) in [5.74, 6) is 0. The van der Waals surface area contributed by atoms with Gasteiger partial charge in [0.25, 0.3) is 0 Å². The monoisotopic (exact) mass is 698 g/mol. The van der Waals surface area contributed by atoms with E-state index >= 15 is 0 Å². The lowest BCUT2D eigenvalue weighted by atomic mass is 9.85. The molecule has 0 fully saturated rings. The van der Waals surface area contributed by atoms with Crippen LogP contribution in [-0.2, 0) is 0 Å². The van der Waals surface area contributed by atoms with Gasteiger partial charge < -0.3 is 4.42 Å². The summed E-state index contributed by atoms with van der Waals surface area (Å²) in [6.07, 6.45) is 0. The average molecular weight is 699 g/mol. The molecule has 0 radical (unpaired) electrons. The van der Waals surface area contributed by atoms with Crippen molar-refractivity contribution in [2.45, 2.75) is 0 Å². The fourth-order valence-corrected chi connectivity index (χ4v) is 8.82. The molecule has 0 aliphatic heterocycles. The van der Waals surface area contributed by atoms with Crippen LogP contribution >= 0.6 is 0 Å². The zero-order valence-corrected chi connectivity index (χ0v) is 30.0. The molecule has 0 saturated carbocycles. The predicted molar refractivity (Wildman–Crippen MR) is 233 cm³/mol. The Balaban J connectivity index is 1.05. The van der Waals surface area contributed by atoms with Gasteiger partial charge in [0.2, 0.25) is 0 Å². The summed E-state index contributed by atoms with van der Waals surface area (Å²) in [7, 11) is 0. The summed E-state index contributed by atoms with van der Waals surface area (Å²) in [5.41, 5.74) is 13.9. The number of rotatable bonds is 5. The normalized spacial score (nSPS) is 11.6. The number of hydrogen-bond donors (Lipinski definition) is 0. The molecule has 0 aliphatic carbocycles. The minimum absolute atomic E-state index is 0.912. The van der Waals surface area contributed by atoms with Gasteiger partial charge in [-0.15, -0.1) is 0 Å².